The average molecular weight is 230 g/mol. The van der Waals surface area contributed by atoms with E-state index in [0.29, 0.717) is 19.0 Å². The molecule has 0 aliphatic heterocycles. The second-order valence-corrected chi connectivity index (χ2v) is 4.14. The fraction of sp³-hybridized carbons (Fsp3) is 0.818. The highest BCUT2D eigenvalue weighted by molar-refractivity contribution is 5.75. The SMILES string of the molecule is COC(=O)C(CC(C)C)NCCNC(C)=O. The topological polar surface area (TPSA) is 67.4 Å². The summed E-state index contributed by atoms with van der Waals surface area (Å²) in [5.41, 5.74) is 0. The van der Waals surface area contributed by atoms with Crippen molar-refractivity contribution in [2.24, 2.45) is 5.92 Å². The van der Waals surface area contributed by atoms with Gasteiger partial charge in [-0.25, -0.2) is 0 Å². The van der Waals surface area contributed by atoms with Gasteiger partial charge in [0.1, 0.15) is 6.04 Å². The first-order valence-corrected chi connectivity index (χ1v) is 5.53. The van der Waals surface area contributed by atoms with Crippen LogP contribution in [-0.2, 0) is 14.3 Å². The number of rotatable bonds is 7. The Labute approximate surface area is 96.9 Å². The largest absolute Gasteiger partial charge is 0.468 e. The zero-order valence-corrected chi connectivity index (χ0v) is 10.5. The molecular weight excluding hydrogens is 208 g/mol. The predicted molar refractivity (Wildman–Crippen MR) is 61.9 cm³/mol. The Morgan fingerprint density at radius 2 is 1.88 bits per heavy atom. The van der Waals surface area contributed by atoms with Gasteiger partial charge in [0, 0.05) is 20.0 Å². The van der Waals surface area contributed by atoms with Crippen LogP contribution >= 0.6 is 0 Å². The normalized spacial score (nSPS) is 12.3. The van der Waals surface area contributed by atoms with E-state index < -0.39 is 0 Å². The van der Waals surface area contributed by atoms with Crippen molar-refractivity contribution >= 4 is 11.9 Å². The molecule has 5 heteroatoms. The van der Waals surface area contributed by atoms with Crippen molar-refractivity contribution in [2.45, 2.75) is 33.2 Å². The molecular formula is C11H22N2O3. The summed E-state index contributed by atoms with van der Waals surface area (Å²) in [5, 5.41) is 5.73. The van der Waals surface area contributed by atoms with E-state index in [0.717, 1.165) is 6.42 Å². The van der Waals surface area contributed by atoms with E-state index in [4.69, 9.17) is 4.74 Å². The molecule has 0 aliphatic rings. The van der Waals surface area contributed by atoms with Crippen molar-refractivity contribution < 1.29 is 14.3 Å². The van der Waals surface area contributed by atoms with Crippen LogP contribution in [0.5, 0.6) is 0 Å². The van der Waals surface area contributed by atoms with Crippen molar-refractivity contribution in [1.29, 1.82) is 0 Å². The van der Waals surface area contributed by atoms with Gasteiger partial charge in [-0.1, -0.05) is 13.8 Å². The highest BCUT2D eigenvalue weighted by Crippen LogP contribution is 2.05. The van der Waals surface area contributed by atoms with Gasteiger partial charge in [-0.05, 0) is 12.3 Å². The molecule has 0 saturated carbocycles. The monoisotopic (exact) mass is 230 g/mol. The Hall–Kier alpha value is -1.10. The molecule has 0 spiro atoms. The number of carbonyl (C=O) groups excluding carboxylic acids is 2. The number of amides is 1. The molecule has 0 bridgehead atoms. The van der Waals surface area contributed by atoms with Crippen LogP contribution in [0.2, 0.25) is 0 Å². The van der Waals surface area contributed by atoms with E-state index in [2.05, 4.69) is 10.6 Å². The average Bonchev–Trinajstić information content (AvgIpc) is 2.20. The highest BCUT2D eigenvalue weighted by Gasteiger charge is 2.19. The van der Waals surface area contributed by atoms with Crippen LogP contribution in [0.25, 0.3) is 0 Å². The number of hydrogen-bond acceptors (Lipinski definition) is 4. The molecule has 1 unspecified atom stereocenters. The van der Waals surface area contributed by atoms with Crippen LogP contribution in [0.1, 0.15) is 27.2 Å². The van der Waals surface area contributed by atoms with Gasteiger partial charge in [-0.15, -0.1) is 0 Å². The summed E-state index contributed by atoms with van der Waals surface area (Å²) < 4.78 is 4.70. The van der Waals surface area contributed by atoms with Crippen LogP contribution in [0, 0.1) is 5.92 Å². The van der Waals surface area contributed by atoms with Gasteiger partial charge in [0.15, 0.2) is 0 Å². The van der Waals surface area contributed by atoms with Gasteiger partial charge in [0.05, 0.1) is 7.11 Å². The minimum atomic E-state index is -0.293. The molecule has 1 amide bonds. The lowest BCUT2D eigenvalue weighted by Gasteiger charge is -2.18. The molecule has 16 heavy (non-hydrogen) atoms. The molecule has 0 heterocycles. The van der Waals surface area contributed by atoms with Gasteiger partial charge < -0.3 is 15.4 Å². The zero-order chi connectivity index (χ0) is 12.6. The maximum Gasteiger partial charge on any atom is 0.322 e. The summed E-state index contributed by atoms with van der Waals surface area (Å²) >= 11 is 0. The number of esters is 1. The number of methoxy groups -OCH3 is 1. The number of carbonyl (C=O) groups is 2. The summed E-state index contributed by atoms with van der Waals surface area (Å²) in [6.07, 6.45) is 0.729. The lowest BCUT2D eigenvalue weighted by Crippen LogP contribution is -2.42. The lowest BCUT2D eigenvalue weighted by atomic mass is 10.0. The van der Waals surface area contributed by atoms with Crippen molar-refractivity contribution in [1.82, 2.24) is 10.6 Å². The summed E-state index contributed by atoms with van der Waals surface area (Å²) in [6, 6.07) is -0.293. The Balaban J connectivity index is 3.92. The van der Waals surface area contributed by atoms with Crippen LogP contribution in [-0.4, -0.2) is 38.1 Å². The van der Waals surface area contributed by atoms with E-state index in [1.807, 2.05) is 13.8 Å². The summed E-state index contributed by atoms with van der Waals surface area (Å²) in [5.74, 6) is 0.0918. The molecule has 94 valence electrons. The first kappa shape index (κ1) is 14.9. The molecule has 0 rings (SSSR count). The number of ether oxygens (including phenoxy) is 1. The molecule has 0 aromatic carbocycles. The fourth-order valence-electron chi connectivity index (χ4n) is 1.36. The summed E-state index contributed by atoms with van der Waals surface area (Å²) in [6.45, 7) is 6.63. The van der Waals surface area contributed by atoms with E-state index in [1.54, 1.807) is 0 Å². The van der Waals surface area contributed by atoms with E-state index >= 15 is 0 Å². The van der Waals surface area contributed by atoms with E-state index in [9.17, 15) is 9.59 Å². The molecule has 0 aromatic rings. The van der Waals surface area contributed by atoms with Crippen molar-refractivity contribution in [3.63, 3.8) is 0 Å². The standard InChI is InChI=1S/C11H22N2O3/c1-8(2)7-10(11(15)16-4)13-6-5-12-9(3)14/h8,10,13H,5-7H2,1-4H3,(H,12,14). The van der Waals surface area contributed by atoms with Crippen LogP contribution in [0.3, 0.4) is 0 Å². The van der Waals surface area contributed by atoms with Crippen LogP contribution in [0.4, 0.5) is 0 Å². The molecule has 0 aromatic heterocycles. The van der Waals surface area contributed by atoms with Crippen LogP contribution in [0.15, 0.2) is 0 Å². The van der Waals surface area contributed by atoms with Gasteiger partial charge in [-0.2, -0.15) is 0 Å². The quantitative estimate of drug-likeness (QED) is 0.487. The molecule has 0 aliphatic carbocycles. The fourth-order valence-corrected chi connectivity index (χ4v) is 1.36. The predicted octanol–water partition coefficient (Wildman–Crippen LogP) is 0.300. The highest BCUT2D eigenvalue weighted by atomic mass is 16.5. The zero-order valence-electron chi connectivity index (χ0n) is 10.5. The number of nitrogens with one attached hydrogen (secondary N) is 2. The first-order valence-electron chi connectivity index (χ1n) is 5.53. The molecule has 2 N–H and O–H groups in total. The lowest BCUT2D eigenvalue weighted by molar-refractivity contribution is -0.143. The molecule has 0 saturated heterocycles. The van der Waals surface area contributed by atoms with Gasteiger partial charge in [-0.3, -0.25) is 9.59 Å². The van der Waals surface area contributed by atoms with Gasteiger partial charge >= 0.3 is 5.97 Å². The minimum Gasteiger partial charge on any atom is -0.468 e. The van der Waals surface area contributed by atoms with Crippen molar-refractivity contribution in [3.8, 4) is 0 Å². The maximum atomic E-state index is 11.4. The third kappa shape index (κ3) is 7.23. The Morgan fingerprint density at radius 3 is 2.31 bits per heavy atom. The Morgan fingerprint density at radius 1 is 1.25 bits per heavy atom. The van der Waals surface area contributed by atoms with Crippen LogP contribution < -0.4 is 10.6 Å². The smallest absolute Gasteiger partial charge is 0.322 e. The third-order valence-electron chi connectivity index (χ3n) is 2.08. The van der Waals surface area contributed by atoms with Gasteiger partial charge in [0.2, 0.25) is 5.91 Å². The van der Waals surface area contributed by atoms with E-state index in [1.165, 1.54) is 14.0 Å². The summed E-state index contributed by atoms with van der Waals surface area (Å²) in [4.78, 5) is 22.0. The Bertz CT molecular complexity index is 229. The summed E-state index contributed by atoms with van der Waals surface area (Å²) in [7, 11) is 1.38. The molecule has 0 fully saturated rings. The minimum absolute atomic E-state index is 0.0692. The maximum absolute atomic E-state index is 11.4. The van der Waals surface area contributed by atoms with Crippen molar-refractivity contribution in [2.75, 3.05) is 20.2 Å². The van der Waals surface area contributed by atoms with Gasteiger partial charge in [0.25, 0.3) is 0 Å². The molecule has 0 radical (unpaired) electrons. The molecule has 1 atom stereocenters. The van der Waals surface area contributed by atoms with Crippen molar-refractivity contribution in [3.05, 3.63) is 0 Å². The third-order valence-corrected chi connectivity index (χ3v) is 2.08. The number of hydrogen-bond donors (Lipinski definition) is 2. The molecule has 5 nitrogen and oxygen atoms in total. The Kier molecular flexibility index (Phi) is 7.54. The van der Waals surface area contributed by atoms with E-state index in [-0.39, 0.29) is 17.9 Å². The second kappa shape index (κ2) is 8.10. The first-order chi connectivity index (χ1) is 7.47. The second-order valence-electron chi connectivity index (χ2n) is 4.14.